The molecule has 9 nitrogen and oxygen atoms in total. The fourth-order valence-electron chi connectivity index (χ4n) is 4.03. The molecule has 1 N–H and O–H groups in total. The van der Waals surface area contributed by atoms with Gasteiger partial charge in [0, 0.05) is 28.0 Å². The maximum absolute atomic E-state index is 13.2. The van der Waals surface area contributed by atoms with Gasteiger partial charge in [-0.25, -0.2) is 9.69 Å². The van der Waals surface area contributed by atoms with E-state index in [-0.39, 0.29) is 16.9 Å². The standard InChI is InChI=1S/C25H21ClN4O5/c1-13-5-7-18(11-21(13)26)29-24(32)20(23(31)27-25(29)33)10-17-9-15(3)28(16(17)4)19-8-6-14(2)22(12-19)30(34)35/h5-12H,1-4H3,(H,27,31,33)/b20-10-. The molecule has 10 heteroatoms. The zero-order valence-electron chi connectivity index (χ0n) is 19.4. The number of imide groups is 2. The number of urea groups is 1. The molecule has 1 fully saturated rings. The summed E-state index contributed by atoms with van der Waals surface area (Å²) in [6.07, 6.45) is 1.41. The van der Waals surface area contributed by atoms with Crippen molar-refractivity contribution < 1.29 is 19.3 Å². The topological polar surface area (TPSA) is 115 Å². The van der Waals surface area contributed by atoms with E-state index in [1.54, 1.807) is 55.7 Å². The van der Waals surface area contributed by atoms with Crippen molar-refractivity contribution >= 4 is 46.9 Å². The Morgan fingerprint density at radius 2 is 1.60 bits per heavy atom. The van der Waals surface area contributed by atoms with E-state index < -0.39 is 22.8 Å². The molecule has 3 aromatic rings. The van der Waals surface area contributed by atoms with Crippen molar-refractivity contribution in [3.05, 3.63) is 91.3 Å². The van der Waals surface area contributed by atoms with Gasteiger partial charge in [-0.3, -0.25) is 25.0 Å². The fourth-order valence-corrected chi connectivity index (χ4v) is 4.21. The van der Waals surface area contributed by atoms with Crippen LogP contribution in [-0.4, -0.2) is 27.3 Å². The lowest BCUT2D eigenvalue weighted by Gasteiger charge is -2.26. The molecule has 1 saturated heterocycles. The van der Waals surface area contributed by atoms with Crippen LogP contribution in [0.15, 0.2) is 48.0 Å². The highest BCUT2D eigenvalue weighted by molar-refractivity contribution is 6.39. The Morgan fingerprint density at radius 1 is 0.943 bits per heavy atom. The van der Waals surface area contributed by atoms with Crippen molar-refractivity contribution in [2.24, 2.45) is 0 Å². The number of barbiturate groups is 1. The van der Waals surface area contributed by atoms with Crippen LogP contribution in [0.2, 0.25) is 5.02 Å². The maximum atomic E-state index is 13.2. The Labute approximate surface area is 205 Å². The van der Waals surface area contributed by atoms with Crippen LogP contribution in [0.4, 0.5) is 16.2 Å². The molecule has 0 aliphatic carbocycles. The molecule has 0 radical (unpaired) electrons. The number of amides is 4. The zero-order chi connectivity index (χ0) is 25.6. The molecule has 4 rings (SSSR count). The van der Waals surface area contributed by atoms with Crippen LogP contribution in [0.3, 0.4) is 0 Å². The minimum absolute atomic E-state index is 0.0114. The number of anilines is 1. The summed E-state index contributed by atoms with van der Waals surface area (Å²) < 4.78 is 1.80. The molecule has 2 heterocycles. The predicted molar refractivity (Wildman–Crippen MR) is 132 cm³/mol. The molecule has 0 spiro atoms. The fraction of sp³-hybridized carbons (Fsp3) is 0.160. The van der Waals surface area contributed by atoms with E-state index >= 15 is 0 Å². The van der Waals surface area contributed by atoms with Crippen LogP contribution >= 0.6 is 11.6 Å². The van der Waals surface area contributed by atoms with E-state index in [1.807, 2.05) is 6.92 Å². The third-order valence-electron chi connectivity index (χ3n) is 5.93. The molecule has 1 aromatic heterocycles. The van der Waals surface area contributed by atoms with Gasteiger partial charge in [0.1, 0.15) is 5.57 Å². The smallest absolute Gasteiger partial charge is 0.318 e. The average Bonchev–Trinajstić information content (AvgIpc) is 3.06. The van der Waals surface area contributed by atoms with Crippen LogP contribution in [0.25, 0.3) is 11.8 Å². The van der Waals surface area contributed by atoms with Gasteiger partial charge in [0.25, 0.3) is 17.5 Å². The molecule has 35 heavy (non-hydrogen) atoms. The van der Waals surface area contributed by atoms with Gasteiger partial charge in [-0.2, -0.15) is 0 Å². The van der Waals surface area contributed by atoms with Crippen molar-refractivity contribution in [1.29, 1.82) is 0 Å². The molecular weight excluding hydrogens is 472 g/mol. The van der Waals surface area contributed by atoms with Gasteiger partial charge in [0.05, 0.1) is 16.3 Å². The maximum Gasteiger partial charge on any atom is 0.335 e. The summed E-state index contributed by atoms with van der Waals surface area (Å²) in [7, 11) is 0. The number of hydrogen-bond donors (Lipinski definition) is 1. The van der Waals surface area contributed by atoms with Crippen molar-refractivity contribution in [2.45, 2.75) is 27.7 Å². The zero-order valence-corrected chi connectivity index (χ0v) is 20.1. The predicted octanol–water partition coefficient (Wildman–Crippen LogP) is 4.94. The van der Waals surface area contributed by atoms with E-state index in [9.17, 15) is 24.5 Å². The SMILES string of the molecule is Cc1ccc(N2C(=O)NC(=O)/C(=C/c3cc(C)n(-c4ccc(C)c([N+](=O)[O-])c4)c3C)C2=O)cc1Cl. The molecule has 0 unspecified atom stereocenters. The van der Waals surface area contributed by atoms with E-state index in [2.05, 4.69) is 5.32 Å². The number of aryl methyl sites for hydroxylation is 3. The second-order valence-corrected chi connectivity index (χ2v) is 8.69. The van der Waals surface area contributed by atoms with E-state index in [0.717, 1.165) is 16.2 Å². The third kappa shape index (κ3) is 4.22. The van der Waals surface area contributed by atoms with Crippen LogP contribution < -0.4 is 10.2 Å². The number of hydrogen-bond acceptors (Lipinski definition) is 5. The molecule has 4 amide bonds. The first-order chi connectivity index (χ1) is 16.5. The molecule has 178 valence electrons. The third-order valence-corrected chi connectivity index (χ3v) is 6.34. The number of nitro benzene ring substituents is 1. The highest BCUT2D eigenvalue weighted by Crippen LogP contribution is 2.29. The average molecular weight is 493 g/mol. The van der Waals surface area contributed by atoms with Gasteiger partial charge >= 0.3 is 6.03 Å². The first kappa shape index (κ1) is 23.9. The van der Waals surface area contributed by atoms with Crippen LogP contribution in [0.1, 0.15) is 28.1 Å². The Morgan fingerprint density at radius 3 is 2.26 bits per heavy atom. The summed E-state index contributed by atoms with van der Waals surface area (Å²) in [5.41, 5.74) is 3.85. The molecule has 2 aromatic carbocycles. The molecule has 1 aliphatic rings. The summed E-state index contributed by atoms with van der Waals surface area (Å²) >= 11 is 6.17. The van der Waals surface area contributed by atoms with Gasteiger partial charge in [0.2, 0.25) is 0 Å². The van der Waals surface area contributed by atoms with E-state index in [1.165, 1.54) is 18.2 Å². The quantitative estimate of drug-likeness (QED) is 0.240. The molecule has 0 atom stereocenters. The summed E-state index contributed by atoms with van der Waals surface area (Å²) in [5.74, 6) is -1.60. The number of rotatable bonds is 4. The van der Waals surface area contributed by atoms with E-state index in [4.69, 9.17) is 11.6 Å². The molecule has 0 bridgehead atoms. The van der Waals surface area contributed by atoms with Gasteiger partial charge in [0.15, 0.2) is 0 Å². The van der Waals surface area contributed by atoms with E-state index in [0.29, 0.717) is 27.5 Å². The van der Waals surface area contributed by atoms with Crippen molar-refractivity contribution in [1.82, 2.24) is 9.88 Å². The van der Waals surface area contributed by atoms with Crippen LogP contribution in [0, 0.1) is 37.8 Å². The minimum Gasteiger partial charge on any atom is -0.318 e. The van der Waals surface area contributed by atoms with Crippen LogP contribution in [-0.2, 0) is 9.59 Å². The van der Waals surface area contributed by atoms with Gasteiger partial charge in [-0.05, 0) is 69.2 Å². The lowest BCUT2D eigenvalue weighted by molar-refractivity contribution is -0.385. The van der Waals surface area contributed by atoms with Gasteiger partial charge in [-0.15, -0.1) is 0 Å². The number of nitrogens with one attached hydrogen (secondary N) is 1. The minimum atomic E-state index is -0.866. The van der Waals surface area contributed by atoms with Gasteiger partial charge < -0.3 is 4.57 Å². The first-order valence-corrected chi connectivity index (χ1v) is 11.0. The normalized spacial score (nSPS) is 15.1. The number of carbonyl (C=O) groups is 3. The van der Waals surface area contributed by atoms with Crippen molar-refractivity contribution in [3.8, 4) is 5.69 Å². The van der Waals surface area contributed by atoms with Crippen molar-refractivity contribution in [3.63, 3.8) is 0 Å². The Balaban J connectivity index is 1.78. The summed E-state index contributed by atoms with van der Waals surface area (Å²) in [4.78, 5) is 50.1. The number of halogens is 1. The first-order valence-electron chi connectivity index (χ1n) is 10.6. The second kappa shape index (κ2) is 8.84. The second-order valence-electron chi connectivity index (χ2n) is 8.28. The number of nitrogens with zero attached hydrogens (tertiary/aromatic N) is 3. The summed E-state index contributed by atoms with van der Waals surface area (Å²) in [5, 5.41) is 14.0. The lowest BCUT2D eigenvalue weighted by atomic mass is 10.1. The number of nitro groups is 1. The largest absolute Gasteiger partial charge is 0.335 e. The highest BCUT2D eigenvalue weighted by Gasteiger charge is 2.37. The number of benzene rings is 2. The molecule has 1 aliphatic heterocycles. The Bertz CT molecular complexity index is 1470. The Hall–Kier alpha value is -4.24. The summed E-state index contributed by atoms with van der Waals surface area (Å²) in [6, 6.07) is 10.5. The van der Waals surface area contributed by atoms with Crippen molar-refractivity contribution in [2.75, 3.05) is 4.90 Å². The Kier molecular flexibility index (Phi) is 6.04. The lowest BCUT2D eigenvalue weighted by Crippen LogP contribution is -2.54. The number of carbonyl (C=O) groups excluding carboxylic acids is 3. The monoisotopic (exact) mass is 492 g/mol. The van der Waals surface area contributed by atoms with Gasteiger partial charge in [-0.1, -0.05) is 23.7 Å². The number of aromatic nitrogens is 1. The molecule has 0 saturated carbocycles. The summed E-state index contributed by atoms with van der Waals surface area (Å²) in [6.45, 7) is 7.04. The molecular formula is C25H21ClN4O5. The van der Waals surface area contributed by atoms with Crippen LogP contribution in [0.5, 0.6) is 0 Å². The highest BCUT2D eigenvalue weighted by atomic mass is 35.5.